The van der Waals surface area contributed by atoms with Crippen LogP contribution >= 0.6 is 15.9 Å². The van der Waals surface area contributed by atoms with Crippen LogP contribution in [0.1, 0.15) is 35.2 Å². The number of carboxylic acid groups (broad SMARTS) is 1. The van der Waals surface area contributed by atoms with Gasteiger partial charge in [-0.2, -0.15) is 0 Å². The smallest absolute Gasteiger partial charge is 0.339 e. The predicted octanol–water partition coefficient (Wildman–Crippen LogP) is 7.42. The van der Waals surface area contributed by atoms with Crippen LogP contribution in [0.2, 0.25) is 0 Å². The molecule has 5 rings (SSSR count). The van der Waals surface area contributed by atoms with Gasteiger partial charge in [0.1, 0.15) is 17.1 Å². The quantitative estimate of drug-likeness (QED) is 0.174. The van der Waals surface area contributed by atoms with Crippen molar-refractivity contribution >= 4 is 44.9 Å². The topological polar surface area (TPSA) is 91.3 Å². The lowest BCUT2D eigenvalue weighted by Gasteiger charge is -2.34. The summed E-state index contributed by atoms with van der Waals surface area (Å²) >= 11 is 3.47. The van der Waals surface area contributed by atoms with Crippen LogP contribution < -0.4 is 24.8 Å². The number of methoxy groups -OCH3 is 2. The second-order valence-electron chi connectivity index (χ2n) is 10.3. The van der Waals surface area contributed by atoms with E-state index in [1.807, 2.05) is 66.7 Å². The Morgan fingerprint density at radius 3 is 2.16 bits per heavy atom. The number of aromatic carboxylic acids is 1. The molecule has 4 aromatic rings. The molecule has 0 unspecified atom stereocenters. The van der Waals surface area contributed by atoms with E-state index in [1.54, 1.807) is 18.2 Å². The van der Waals surface area contributed by atoms with Crippen LogP contribution in [-0.4, -0.2) is 44.3 Å². The maximum Gasteiger partial charge on any atom is 0.339 e. The first-order valence-corrected chi connectivity index (χ1v) is 14.9. The monoisotopic (exact) mass is 643 g/mol. The summed E-state index contributed by atoms with van der Waals surface area (Å²) in [5.74, 6) is -0.326. The van der Waals surface area contributed by atoms with E-state index < -0.39 is 5.97 Å². The predicted molar refractivity (Wildman–Crippen MR) is 173 cm³/mol. The summed E-state index contributed by atoms with van der Waals surface area (Å²) in [7, 11) is 3.06. The van der Waals surface area contributed by atoms with Gasteiger partial charge >= 0.3 is 5.97 Å². The van der Waals surface area contributed by atoms with Crippen LogP contribution in [0.5, 0.6) is 11.5 Å². The fraction of sp³-hybridized carbons (Fsp3) is 0.235. The Balaban J connectivity index is 1.48. The van der Waals surface area contributed by atoms with E-state index in [0.717, 1.165) is 59.9 Å². The Hall–Kier alpha value is -4.50. The molecule has 0 aromatic heterocycles. The van der Waals surface area contributed by atoms with Crippen molar-refractivity contribution in [3.05, 3.63) is 101 Å². The first kappa shape index (κ1) is 30.0. The highest BCUT2D eigenvalue weighted by Crippen LogP contribution is 2.34. The molecule has 1 aliphatic heterocycles. The molecule has 0 radical (unpaired) electrons. The van der Waals surface area contributed by atoms with E-state index in [2.05, 4.69) is 32.3 Å². The van der Waals surface area contributed by atoms with Gasteiger partial charge in [-0.05, 0) is 84.5 Å². The van der Waals surface area contributed by atoms with Gasteiger partial charge in [0.25, 0.3) is 0 Å². The zero-order chi connectivity index (χ0) is 30.3. The van der Waals surface area contributed by atoms with Crippen molar-refractivity contribution in [1.82, 2.24) is 0 Å². The highest BCUT2D eigenvalue weighted by atomic mass is 79.9. The van der Waals surface area contributed by atoms with Crippen molar-refractivity contribution in [3.63, 3.8) is 0 Å². The van der Waals surface area contributed by atoms with Crippen molar-refractivity contribution in [3.8, 4) is 22.6 Å². The lowest BCUT2D eigenvalue weighted by molar-refractivity contribution is -0.117. The van der Waals surface area contributed by atoms with Gasteiger partial charge in [-0.3, -0.25) is 10.2 Å². The molecular formula is C34H34BrN3O5. The third-order valence-electron chi connectivity index (χ3n) is 7.56. The molecule has 1 aliphatic rings. The number of ether oxygens (including phenoxy) is 2. The number of carbonyl (C=O) groups excluding carboxylic acids is 1. The number of hydrogen-bond acceptors (Lipinski definition) is 6. The minimum Gasteiger partial charge on any atom is -0.497 e. The van der Waals surface area contributed by atoms with E-state index in [4.69, 9.17) is 9.47 Å². The van der Waals surface area contributed by atoms with Crippen molar-refractivity contribution in [2.45, 2.75) is 25.7 Å². The van der Waals surface area contributed by atoms with Gasteiger partial charge in [0, 0.05) is 17.6 Å². The second-order valence-corrected chi connectivity index (χ2v) is 11.2. The lowest BCUT2D eigenvalue weighted by atomic mass is 10.1. The number of halogens is 1. The standard InChI is InChI=1S/C34H34BrN3O5/c1-42-27-16-12-24(13-17-27)23-10-14-26(15-11-23)36-38(31-9-5-4-8-30(31)37-18-6-3-7-19-37)33(39)21-25-20-32(43-2)28(34(40)41)22-29(25)35/h4-5,8-17,20,22,36H,3,6-7,18-19,21H2,1-2H3,(H,40,41). The third-order valence-corrected chi connectivity index (χ3v) is 8.30. The Morgan fingerprint density at radius 1 is 0.884 bits per heavy atom. The fourth-order valence-corrected chi connectivity index (χ4v) is 5.75. The Morgan fingerprint density at radius 2 is 1.53 bits per heavy atom. The number of carboxylic acids is 1. The van der Waals surface area contributed by atoms with Gasteiger partial charge in [-0.15, -0.1) is 0 Å². The lowest BCUT2D eigenvalue weighted by Crippen LogP contribution is -2.39. The number of nitrogens with one attached hydrogen (secondary N) is 1. The molecule has 1 heterocycles. The average Bonchev–Trinajstić information content (AvgIpc) is 3.05. The first-order valence-electron chi connectivity index (χ1n) is 14.2. The second kappa shape index (κ2) is 13.6. The number of anilines is 3. The van der Waals surface area contributed by atoms with Gasteiger partial charge < -0.3 is 19.5 Å². The molecule has 0 saturated carbocycles. The summed E-state index contributed by atoms with van der Waals surface area (Å²) in [4.78, 5) is 28.2. The molecule has 4 aromatic carbocycles. The third kappa shape index (κ3) is 6.94. The van der Waals surface area contributed by atoms with Crippen molar-refractivity contribution in [2.75, 3.05) is 42.6 Å². The molecular weight excluding hydrogens is 610 g/mol. The van der Waals surface area contributed by atoms with Crippen LogP contribution in [0, 0.1) is 0 Å². The van der Waals surface area contributed by atoms with Crippen LogP contribution in [0.4, 0.5) is 17.1 Å². The number of amides is 1. The van der Waals surface area contributed by atoms with Crippen LogP contribution in [0.15, 0.2) is 89.4 Å². The number of carbonyl (C=O) groups is 2. The summed E-state index contributed by atoms with van der Waals surface area (Å²) in [5.41, 5.74) is 8.57. The van der Waals surface area contributed by atoms with E-state index in [-0.39, 0.29) is 23.6 Å². The van der Waals surface area contributed by atoms with E-state index >= 15 is 0 Å². The van der Waals surface area contributed by atoms with Crippen molar-refractivity contribution in [2.24, 2.45) is 0 Å². The number of hydrogen-bond donors (Lipinski definition) is 2. The van der Waals surface area contributed by atoms with Crippen LogP contribution in [-0.2, 0) is 11.2 Å². The van der Waals surface area contributed by atoms with Crippen LogP contribution in [0.25, 0.3) is 11.1 Å². The maximum absolute atomic E-state index is 14.1. The number of hydrazine groups is 1. The molecule has 0 atom stereocenters. The summed E-state index contributed by atoms with van der Waals surface area (Å²) in [6, 6.07) is 26.8. The summed E-state index contributed by atoms with van der Waals surface area (Å²) < 4.78 is 11.1. The number of nitrogens with zero attached hydrogens (tertiary/aromatic N) is 2. The highest BCUT2D eigenvalue weighted by Gasteiger charge is 2.25. The Labute approximate surface area is 259 Å². The summed E-state index contributed by atoms with van der Waals surface area (Å²) in [6.07, 6.45) is 3.40. The SMILES string of the molecule is COc1ccc(-c2ccc(NN(C(=O)Cc3cc(OC)c(C(=O)O)cc3Br)c3ccccc3N3CCCCC3)cc2)cc1. The van der Waals surface area contributed by atoms with E-state index in [0.29, 0.717) is 10.0 Å². The fourth-order valence-electron chi connectivity index (χ4n) is 5.27. The molecule has 8 nitrogen and oxygen atoms in total. The maximum atomic E-state index is 14.1. The zero-order valence-electron chi connectivity index (χ0n) is 24.2. The molecule has 222 valence electrons. The van der Waals surface area contributed by atoms with Gasteiger partial charge in [-0.25, -0.2) is 9.80 Å². The van der Waals surface area contributed by atoms with Crippen molar-refractivity contribution < 1.29 is 24.2 Å². The van der Waals surface area contributed by atoms with Crippen LogP contribution in [0.3, 0.4) is 0 Å². The van der Waals surface area contributed by atoms with Gasteiger partial charge in [0.05, 0.1) is 37.7 Å². The summed E-state index contributed by atoms with van der Waals surface area (Å²) in [6.45, 7) is 1.85. The molecule has 2 N–H and O–H groups in total. The number of para-hydroxylation sites is 2. The minimum absolute atomic E-state index is 0.00209. The van der Waals surface area contributed by atoms with E-state index in [9.17, 15) is 14.7 Å². The molecule has 0 spiro atoms. The minimum atomic E-state index is -1.10. The average molecular weight is 645 g/mol. The molecule has 1 saturated heterocycles. The first-order chi connectivity index (χ1) is 20.9. The van der Waals surface area contributed by atoms with Gasteiger partial charge in [-0.1, -0.05) is 52.3 Å². The molecule has 1 amide bonds. The normalized spacial score (nSPS) is 12.9. The molecule has 0 aliphatic carbocycles. The molecule has 1 fully saturated rings. The Bertz CT molecular complexity index is 1590. The van der Waals surface area contributed by atoms with Crippen molar-refractivity contribution in [1.29, 1.82) is 0 Å². The Kier molecular flexibility index (Phi) is 9.51. The highest BCUT2D eigenvalue weighted by molar-refractivity contribution is 9.10. The molecule has 0 bridgehead atoms. The zero-order valence-corrected chi connectivity index (χ0v) is 25.8. The van der Waals surface area contributed by atoms with Gasteiger partial charge in [0.15, 0.2) is 0 Å². The van der Waals surface area contributed by atoms with E-state index in [1.165, 1.54) is 19.6 Å². The molecule has 43 heavy (non-hydrogen) atoms. The summed E-state index contributed by atoms with van der Waals surface area (Å²) in [5, 5.41) is 11.2. The van der Waals surface area contributed by atoms with Gasteiger partial charge in [0.2, 0.25) is 5.91 Å². The number of piperidine rings is 1. The molecule has 9 heteroatoms. The largest absolute Gasteiger partial charge is 0.497 e. The number of benzene rings is 4. The number of rotatable bonds is 10.